The second-order valence-corrected chi connectivity index (χ2v) is 6.73. The predicted molar refractivity (Wildman–Crippen MR) is 88.4 cm³/mol. The third kappa shape index (κ3) is 1.68. The number of carbonyl (C=O) groups is 2. The van der Waals surface area contributed by atoms with E-state index in [0.717, 1.165) is 5.56 Å². The number of carbonyl (C=O) groups excluding carboxylic acids is 2. The summed E-state index contributed by atoms with van der Waals surface area (Å²) in [4.78, 5) is 31.2. The fraction of sp³-hybridized carbons (Fsp3) is 0.222. The van der Waals surface area contributed by atoms with E-state index < -0.39 is 11.2 Å². The predicted octanol–water partition coefficient (Wildman–Crippen LogP) is 1.76. The molecule has 0 aliphatic carbocycles. The van der Waals surface area contributed by atoms with Gasteiger partial charge in [0.05, 0.1) is 16.8 Å². The summed E-state index contributed by atoms with van der Waals surface area (Å²) in [5.74, 6) is -0.00658. The lowest BCUT2D eigenvalue weighted by Crippen LogP contribution is -2.40. The number of fused-ring (bicyclic) bond motifs is 4. The molecule has 0 radical (unpaired) electrons. The summed E-state index contributed by atoms with van der Waals surface area (Å²) in [6.45, 7) is 3.64. The number of benzene rings is 1. The average Bonchev–Trinajstić information content (AvgIpc) is 3.31. The summed E-state index contributed by atoms with van der Waals surface area (Å²) in [7, 11) is 0. The first-order valence-electron chi connectivity index (χ1n) is 7.93. The molecule has 3 aliphatic rings. The van der Waals surface area contributed by atoms with Gasteiger partial charge in [-0.2, -0.15) is 5.10 Å². The van der Waals surface area contributed by atoms with Gasteiger partial charge in [0, 0.05) is 5.56 Å². The van der Waals surface area contributed by atoms with Crippen molar-refractivity contribution in [3.05, 3.63) is 53.9 Å². The average molecular weight is 334 g/mol. The van der Waals surface area contributed by atoms with Gasteiger partial charge >= 0.3 is 0 Å². The van der Waals surface area contributed by atoms with E-state index in [1.54, 1.807) is 24.3 Å². The molecular formula is C18H14N4O3. The van der Waals surface area contributed by atoms with Crippen LogP contribution in [-0.4, -0.2) is 38.2 Å². The fourth-order valence-corrected chi connectivity index (χ4v) is 3.89. The maximum atomic E-state index is 13.0. The van der Waals surface area contributed by atoms with Crippen molar-refractivity contribution in [2.45, 2.75) is 25.0 Å². The van der Waals surface area contributed by atoms with Crippen LogP contribution in [0.25, 0.3) is 11.4 Å². The number of rotatable bonds is 2. The topological polar surface area (TPSA) is 88.2 Å². The van der Waals surface area contributed by atoms with Crippen LogP contribution in [0.4, 0.5) is 5.69 Å². The van der Waals surface area contributed by atoms with Gasteiger partial charge in [-0.25, -0.2) is 9.88 Å². The standard InChI is InChI=1S/C18H14N4O3/c1-17-7-8-18(2,25-17)13-12(17)15(23)22(16(13)24)11-5-3-10(4-6-11)14-19-9-20-21-14/h3-9H,1-2H3,(H,19,20,21). The highest BCUT2D eigenvalue weighted by atomic mass is 16.5. The first-order chi connectivity index (χ1) is 11.9. The smallest absolute Gasteiger partial charge is 0.265 e. The van der Waals surface area contributed by atoms with E-state index in [1.165, 1.54) is 11.2 Å². The number of amides is 2. The van der Waals surface area contributed by atoms with Gasteiger partial charge in [0.1, 0.15) is 17.5 Å². The Morgan fingerprint density at radius 1 is 1.00 bits per heavy atom. The number of hydrogen-bond acceptors (Lipinski definition) is 5. The van der Waals surface area contributed by atoms with Crippen LogP contribution in [0.2, 0.25) is 0 Å². The van der Waals surface area contributed by atoms with Gasteiger partial charge < -0.3 is 4.74 Å². The molecule has 0 spiro atoms. The Morgan fingerprint density at radius 2 is 1.60 bits per heavy atom. The van der Waals surface area contributed by atoms with Crippen LogP contribution in [0.1, 0.15) is 13.8 Å². The van der Waals surface area contributed by atoms with E-state index in [2.05, 4.69) is 15.2 Å². The van der Waals surface area contributed by atoms with Crippen LogP contribution in [0.3, 0.4) is 0 Å². The highest BCUT2D eigenvalue weighted by molar-refractivity contribution is 6.35. The van der Waals surface area contributed by atoms with E-state index in [1.807, 2.05) is 26.0 Å². The molecular weight excluding hydrogens is 320 g/mol. The summed E-state index contributed by atoms with van der Waals surface area (Å²) in [6, 6.07) is 7.06. The normalized spacial score (nSPS) is 29.9. The lowest BCUT2D eigenvalue weighted by atomic mass is 9.85. The molecule has 7 heteroatoms. The zero-order valence-corrected chi connectivity index (χ0v) is 13.6. The van der Waals surface area contributed by atoms with E-state index >= 15 is 0 Å². The van der Waals surface area contributed by atoms with Crippen molar-refractivity contribution in [2.24, 2.45) is 0 Å². The summed E-state index contributed by atoms with van der Waals surface area (Å²) in [6.07, 6.45) is 5.14. The van der Waals surface area contributed by atoms with Gasteiger partial charge in [-0.15, -0.1) is 0 Å². The molecule has 0 saturated carbocycles. The largest absolute Gasteiger partial charge is 0.351 e. The Kier molecular flexibility index (Phi) is 2.47. The highest BCUT2D eigenvalue weighted by Gasteiger charge is 2.62. The molecule has 0 saturated heterocycles. The molecule has 5 rings (SSSR count). The molecule has 2 unspecified atom stereocenters. The van der Waals surface area contributed by atoms with Crippen molar-refractivity contribution in [3.63, 3.8) is 0 Å². The molecule has 2 atom stereocenters. The van der Waals surface area contributed by atoms with Crippen LogP contribution in [0.15, 0.2) is 53.9 Å². The van der Waals surface area contributed by atoms with Crippen molar-refractivity contribution in [1.29, 1.82) is 0 Å². The second-order valence-electron chi connectivity index (χ2n) is 6.73. The maximum absolute atomic E-state index is 13.0. The van der Waals surface area contributed by atoms with Gasteiger partial charge in [0.25, 0.3) is 11.8 Å². The fourth-order valence-electron chi connectivity index (χ4n) is 3.89. The number of hydrogen-bond donors (Lipinski definition) is 1. The molecule has 3 aliphatic heterocycles. The van der Waals surface area contributed by atoms with E-state index in [-0.39, 0.29) is 11.8 Å². The first-order valence-corrected chi connectivity index (χ1v) is 7.93. The second kappa shape index (κ2) is 4.31. The number of ether oxygens (including phenoxy) is 1. The van der Waals surface area contributed by atoms with Crippen LogP contribution in [0.5, 0.6) is 0 Å². The summed E-state index contributed by atoms with van der Waals surface area (Å²) in [5, 5.41) is 6.60. The molecule has 1 N–H and O–H groups in total. The highest BCUT2D eigenvalue weighted by Crippen LogP contribution is 2.53. The molecule has 1 aromatic heterocycles. The lowest BCUT2D eigenvalue weighted by Gasteiger charge is -2.26. The number of nitrogens with zero attached hydrogens (tertiary/aromatic N) is 3. The number of nitrogens with one attached hydrogen (secondary N) is 1. The molecule has 124 valence electrons. The maximum Gasteiger partial charge on any atom is 0.265 e. The minimum Gasteiger partial charge on any atom is -0.351 e. The quantitative estimate of drug-likeness (QED) is 0.668. The van der Waals surface area contributed by atoms with Crippen molar-refractivity contribution in [3.8, 4) is 11.4 Å². The molecule has 1 aromatic carbocycles. The molecule has 2 amide bonds. The number of aromatic nitrogens is 3. The number of H-pyrrole nitrogens is 1. The lowest BCUT2D eigenvalue weighted by molar-refractivity contribution is -0.123. The van der Waals surface area contributed by atoms with Crippen molar-refractivity contribution >= 4 is 17.5 Å². The molecule has 7 nitrogen and oxygen atoms in total. The van der Waals surface area contributed by atoms with E-state index in [9.17, 15) is 9.59 Å². The molecule has 2 bridgehead atoms. The molecule has 2 aromatic rings. The molecule has 0 fully saturated rings. The van der Waals surface area contributed by atoms with Crippen molar-refractivity contribution in [1.82, 2.24) is 15.2 Å². The van der Waals surface area contributed by atoms with Gasteiger partial charge in [0.15, 0.2) is 5.82 Å². The summed E-state index contributed by atoms with van der Waals surface area (Å²) < 4.78 is 5.93. The van der Waals surface area contributed by atoms with Crippen molar-refractivity contribution in [2.75, 3.05) is 4.90 Å². The number of imide groups is 1. The van der Waals surface area contributed by atoms with Crippen LogP contribution in [0, 0.1) is 0 Å². The minimum atomic E-state index is -0.828. The van der Waals surface area contributed by atoms with Crippen molar-refractivity contribution < 1.29 is 14.3 Å². The third-order valence-electron chi connectivity index (χ3n) is 5.03. The summed E-state index contributed by atoms with van der Waals surface area (Å²) in [5.41, 5.74) is 0.587. The Balaban J connectivity index is 1.53. The Morgan fingerprint density at radius 3 is 2.12 bits per heavy atom. The monoisotopic (exact) mass is 334 g/mol. The molecule has 4 heterocycles. The van der Waals surface area contributed by atoms with Crippen LogP contribution in [-0.2, 0) is 14.3 Å². The zero-order chi connectivity index (χ0) is 17.4. The van der Waals surface area contributed by atoms with Gasteiger partial charge in [0.2, 0.25) is 0 Å². The minimum absolute atomic E-state index is 0.317. The van der Waals surface area contributed by atoms with Gasteiger partial charge in [-0.05, 0) is 50.3 Å². The molecule has 25 heavy (non-hydrogen) atoms. The van der Waals surface area contributed by atoms with Crippen LogP contribution >= 0.6 is 0 Å². The van der Waals surface area contributed by atoms with Crippen LogP contribution < -0.4 is 4.90 Å². The summed E-state index contributed by atoms with van der Waals surface area (Å²) >= 11 is 0. The van der Waals surface area contributed by atoms with E-state index in [4.69, 9.17) is 4.74 Å². The zero-order valence-electron chi connectivity index (χ0n) is 13.6. The third-order valence-corrected chi connectivity index (χ3v) is 5.03. The number of anilines is 1. The van der Waals surface area contributed by atoms with Gasteiger partial charge in [-0.1, -0.05) is 0 Å². The Hall–Kier alpha value is -3.06. The Labute approximate surface area is 143 Å². The van der Waals surface area contributed by atoms with Gasteiger partial charge in [-0.3, -0.25) is 14.7 Å². The first kappa shape index (κ1) is 14.3. The SMILES string of the molecule is CC12C=CC(C)(O1)C1=C2C(=O)N(c2ccc(-c3ncn[nH]3)cc2)C1=O. The number of aromatic amines is 1. The Bertz CT molecular complexity index is 950. The van der Waals surface area contributed by atoms with E-state index in [0.29, 0.717) is 22.7 Å².